The zero-order valence-electron chi connectivity index (χ0n) is 10.8. The maximum absolute atomic E-state index is 12.2. The van der Waals surface area contributed by atoms with Crippen LogP contribution in [-0.4, -0.2) is 23.6 Å². The summed E-state index contributed by atoms with van der Waals surface area (Å²) in [5.74, 6) is 0.480. The third-order valence-electron chi connectivity index (χ3n) is 2.82. The second kappa shape index (κ2) is 5.50. The fourth-order valence-electron chi connectivity index (χ4n) is 1.68. The molecule has 0 fully saturated rings. The highest BCUT2D eigenvalue weighted by molar-refractivity contribution is 7.89. The third-order valence-corrected chi connectivity index (χ3v) is 4.37. The first-order valence-electron chi connectivity index (χ1n) is 5.99. The fourth-order valence-corrected chi connectivity index (χ4v) is 2.89. The number of benzene rings is 1. The lowest BCUT2D eigenvalue weighted by molar-refractivity contribution is 0.560. The van der Waals surface area contributed by atoms with Gasteiger partial charge in [-0.1, -0.05) is 19.1 Å². The molecule has 0 aliphatic carbocycles. The summed E-state index contributed by atoms with van der Waals surface area (Å²) in [7, 11) is -3.55. The minimum Gasteiger partial charge on any atom is -0.262 e. The molecular weight excluding hydrogens is 264 g/mol. The van der Waals surface area contributed by atoms with E-state index in [0.717, 1.165) is 12.0 Å². The van der Waals surface area contributed by atoms with E-state index in [1.54, 1.807) is 19.1 Å². The Morgan fingerprint density at radius 3 is 2.53 bits per heavy atom. The van der Waals surface area contributed by atoms with E-state index in [1.807, 2.05) is 19.1 Å². The van der Waals surface area contributed by atoms with Crippen LogP contribution in [0.1, 0.15) is 31.3 Å². The molecule has 1 unspecified atom stereocenters. The zero-order chi connectivity index (χ0) is 13.9. The molecule has 7 heteroatoms. The van der Waals surface area contributed by atoms with Gasteiger partial charge in [-0.3, -0.25) is 5.10 Å². The minimum atomic E-state index is -3.55. The van der Waals surface area contributed by atoms with E-state index in [4.69, 9.17) is 0 Å². The Hall–Kier alpha value is -1.73. The van der Waals surface area contributed by atoms with Crippen molar-refractivity contribution >= 4 is 10.0 Å². The zero-order valence-corrected chi connectivity index (χ0v) is 11.6. The summed E-state index contributed by atoms with van der Waals surface area (Å²) >= 11 is 0. The van der Waals surface area contributed by atoms with Crippen molar-refractivity contribution in [1.82, 2.24) is 19.9 Å². The average Bonchev–Trinajstić information content (AvgIpc) is 2.92. The van der Waals surface area contributed by atoms with Gasteiger partial charge in [0.15, 0.2) is 0 Å². The van der Waals surface area contributed by atoms with Crippen LogP contribution in [0, 0.1) is 0 Å². The molecule has 0 bridgehead atoms. The number of aromatic nitrogens is 3. The van der Waals surface area contributed by atoms with E-state index in [2.05, 4.69) is 19.9 Å². The average molecular weight is 280 g/mol. The fraction of sp³-hybridized carbons (Fsp3) is 0.333. The third kappa shape index (κ3) is 3.18. The van der Waals surface area contributed by atoms with Gasteiger partial charge in [0.2, 0.25) is 10.0 Å². The number of aromatic amines is 1. The van der Waals surface area contributed by atoms with E-state index < -0.39 is 16.1 Å². The molecule has 0 saturated heterocycles. The molecule has 0 aliphatic rings. The molecule has 1 atom stereocenters. The number of hydrogen-bond acceptors (Lipinski definition) is 4. The summed E-state index contributed by atoms with van der Waals surface area (Å²) in [6.45, 7) is 3.73. The van der Waals surface area contributed by atoms with Crippen LogP contribution < -0.4 is 4.72 Å². The Labute approximate surface area is 112 Å². The summed E-state index contributed by atoms with van der Waals surface area (Å²) in [6.07, 6.45) is 2.22. The van der Waals surface area contributed by atoms with Crippen LogP contribution in [0.2, 0.25) is 0 Å². The van der Waals surface area contributed by atoms with Gasteiger partial charge in [-0.25, -0.2) is 18.1 Å². The topological polar surface area (TPSA) is 87.7 Å². The highest BCUT2D eigenvalue weighted by Crippen LogP contribution is 2.14. The van der Waals surface area contributed by atoms with Crippen molar-refractivity contribution in [2.75, 3.05) is 0 Å². The lowest BCUT2D eigenvalue weighted by atomic mass is 10.2. The highest BCUT2D eigenvalue weighted by Gasteiger charge is 2.19. The Balaban J connectivity index is 2.17. The van der Waals surface area contributed by atoms with Crippen molar-refractivity contribution in [2.45, 2.75) is 31.2 Å². The van der Waals surface area contributed by atoms with Crippen LogP contribution in [0.4, 0.5) is 0 Å². The van der Waals surface area contributed by atoms with Crippen LogP contribution in [-0.2, 0) is 16.4 Å². The summed E-state index contributed by atoms with van der Waals surface area (Å²) in [6, 6.07) is 6.38. The highest BCUT2D eigenvalue weighted by atomic mass is 32.2. The van der Waals surface area contributed by atoms with Crippen LogP contribution in [0.25, 0.3) is 0 Å². The molecule has 2 N–H and O–H groups in total. The van der Waals surface area contributed by atoms with Crippen LogP contribution >= 0.6 is 0 Å². The van der Waals surface area contributed by atoms with Gasteiger partial charge in [-0.2, -0.15) is 5.10 Å². The molecule has 0 radical (unpaired) electrons. The van der Waals surface area contributed by atoms with Gasteiger partial charge in [-0.15, -0.1) is 0 Å². The number of rotatable bonds is 5. The largest absolute Gasteiger partial charge is 0.262 e. The molecule has 2 rings (SSSR count). The monoisotopic (exact) mass is 280 g/mol. The van der Waals surface area contributed by atoms with Gasteiger partial charge in [0.1, 0.15) is 12.2 Å². The molecule has 6 nitrogen and oxygen atoms in total. The van der Waals surface area contributed by atoms with Gasteiger partial charge in [0.05, 0.1) is 10.9 Å². The van der Waals surface area contributed by atoms with Crippen LogP contribution in [0.3, 0.4) is 0 Å². The summed E-state index contributed by atoms with van der Waals surface area (Å²) in [4.78, 5) is 4.17. The molecule has 19 heavy (non-hydrogen) atoms. The first-order valence-corrected chi connectivity index (χ1v) is 7.48. The molecule has 2 aromatic rings. The predicted molar refractivity (Wildman–Crippen MR) is 70.9 cm³/mol. The van der Waals surface area contributed by atoms with Crippen molar-refractivity contribution in [3.63, 3.8) is 0 Å². The molecule has 0 spiro atoms. The smallest absolute Gasteiger partial charge is 0.241 e. The van der Waals surface area contributed by atoms with E-state index in [9.17, 15) is 8.42 Å². The lowest BCUT2D eigenvalue weighted by Crippen LogP contribution is -2.27. The van der Waals surface area contributed by atoms with E-state index in [-0.39, 0.29) is 4.90 Å². The summed E-state index contributed by atoms with van der Waals surface area (Å²) in [5, 5.41) is 6.34. The number of nitrogens with zero attached hydrogens (tertiary/aromatic N) is 2. The van der Waals surface area contributed by atoms with Crippen molar-refractivity contribution in [3.8, 4) is 0 Å². The Bertz CT molecular complexity index is 620. The molecule has 1 aromatic heterocycles. The van der Waals surface area contributed by atoms with Gasteiger partial charge in [0.25, 0.3) is 0 Å². The standard InChI is InChI=1S/C12H16N4O2S/c1-3-10-4-6-11(7-5-10)19(17,18)16-9(2)12-13-8-14-15-12/h4-9,16H,3H2,1-2H3,(H,13,14,15). The number of sulfonamides is 1. The molecule has 102 valence electrons. The quantitative estimate of drug-likeness (QED) is 0.866. The molecular formula is C12H16N4O2S. The second-order valence-electron chi connectivity index (χ2n) is 4.21. The first kappa shape index (κ1) is 13.7. The molecule has 0 saturated carbocycles. The van der Waals surface area contributed by atoms with Gasteiger partial charge >= 0.3 is 0 Å². The van der Waals surface area contributed by atoms with Crippen LogP contribution in [0.5, 0.6) is 0 Å². The lowest BCUT2D eigenvalue weighted by Gasteiger charge is -2.12. The maximum atomic E-state index is 12.2. The molecule has 0 aliphatic heterocycles. The van der Waals surface area contributed by atoms with E-state index in [1.165, 1.54) is 6.33 Å². The number of aryl methyl sites for hydroxylation is 1. The predicted octanol–water partition coefficient (Wildman–Crippen LogP) is 1.41. The van der Waals surface area contributed by atoms with Gasteiger partial charge < -0.3 is 0 Å². The number of nitrogens with one attached hydrogen (secondary N) is 2. The molecule has 0 amide bonds. The number of H-pyrrole nitrogens is 1. The minimum absolute atomic E-state index is 0.246. The van der Waals surface area contributed by atoms with Crippen molar-refractivity contribution in [2.24, 2.45) is 0 Å². The Kier molecular flexibility index (Phi) is 3.96. The maximum Gasteiger partial charge on any atom is 0.241 e. The summed E-state index contributed by atoms with van der Waals surface area (Å²) in [5.41, 5.74) is 1.10. The number of hydrogen-bond donors (Lipinski definition) is 2. The Morgan fingerprint density at radius 2 is 2.00 bits per heavy atom. The van der Waals surface area contributed by atoms with E-state index in [0.29, 0.717) is 5.82 Å². The SMILES string of the molecule is CCc1ccc(S(=O)(=O)NC(C)c2ncn[nH]2)cc1. The van der Waals surface area contributed by atoms with E-state index >= 15 is 0 Å². The van der Waals surface area contributed by atoms with Crippen molar-refractivity contribution in [1.29, 1.82) is 0 Å². The van der Waals surface area contributed by atoms with Crippen LogP contribution in [0.15, 0.2) is 35.5 Å². The van der Waals surface area contributed by atoms with Gasteiger partial charge in [0, 0.05) is 0 Å². The van der Waals surface area contributed by atoms with Crippen molar-refractivity contribution < 1.29 is 8.42 Å². The first-order chi connectivity index (χ1) is 9.03. The second-order valence-corrected chi connectivity index (χ2v) is 5.93. The molecule has 1 heterocycles. The normalized spacial score (nSPS) is 13.4. The van der Waals surface area contributed by atoms with Gasteiger partial charge in [-0.05, 0) is 31.0 Å². The molecule has 1 aromatic carbocycles. The summed E-state index contributed by atoms with van der Waals surface area (Å²) < 4.78 is 26.9. The van der Waals surface area contributed by atoms with Crippen molar-refractivity contribution in [3.05, 3.63) is 42.0 Å². The Morgan fingerprint density at radius 1 is 1.32 bits per heavy atom.